The first-order chi connectivity index (χ1) is 36.9. The van der Waals surface area contributed by atoms with E-state index in [0.29, 0.717) is 91.7 Å². The number of para-hydroxylation sites is 1. The minimum Gasteiger partial charge on any atom is -0.493 e. The van der Waals surface area contributed by atoms with Gasteiger partial charge in [0, 0.05) is 68.9 Å². The highest BCUT2D eigenvalue weighted by atomic mass is 32.1. The van der Waals surface area contributed by atoms with E-state index in [-0.39, 0.29) is 62.2 Å². The number of piperidine rings is 1. The van der Waals surface area contributed by atoms with Gasteiger partial charge >= 0.3 is 0 Å². The van der Waals surface area contributed by atoms with E-state index in [0.717, 1.165) is 38.6 Å². The number of β-amino-alcohol motifs (C(OH)–C–C–N with tert-alkyl or cyclic N) is 1. The number of aliphatic hydroxyl groups is 1. The number of carbonyl (C=O) groups excluding carboxylic acids is 4. The quantitative estimate of drug-likeness (QED) is 0.0666. The summed E-state index contributed by atoms with van der Waals surface area (Å²) in [5, 5.41) is 19.5. The lowest BCUT2D eigenvalue weighted by Crippen LogP contribution is -2.55. The number of nitrogen functional groups attached to an aromatic ring is 1. The predicted molar refractivity (Wildman–Crippen MR) is 287 cm³/mol. The summed E-state index contributed by atoms with van der Waals surface area (Å²) < 4.78 is 20.2. The second-order valence-electron chi connectivity index (χ2n) is 19.8. The molecule has 6 heterocycles. The maximum Gasteiger partial charge on any atom is 0.255 e. The number of thiazole rings is 1. The number of hydrogen-bond donors (Lipinski definition) is 3. The number of nitrogens with one attached hydrogen (secondary N) is 1. The van der Waals surface area contributed by atoms with Gasteiger partial charge < -0.3 is 45.1 Å². The normalized spacial score (nSPS) is 17.1. The molecule has 4 N–H and O–H groups in total. The molecule has 7 aromatic rings. The first-order valence-corrected chi connectivity index (χ1v) is 26.8. The van der Waals surface area contributed by atoms with Crippen LogP contribution in [0.3, 0.4) is 0 Å². The van der Waals surface area contributed by atoms with Crippen molar-refractivity contribution in [2.45, 2.75) is 90.2 Å². The maximum atomic E-state index is 14.3. The van der Waals surface area contributed by atoms with Gasteiger partial charge in [-0.3, -0.25) is 19.2 Å². The van der Waals surface area contributed by atoms with Crippen LogP contribution in [0, 0.1) is 12.8 Å². The molecule has 394 valence electrons. The molecule has 0 saturated carbocycles. The van der Waals surface area contributed by atoms with Crippen LogP contribution in [0.4, 0.5) is 5.82 Å². The summed E-state index contributed by atoms with van der Waals surface area (Å²) in [6.45, 7) is 8.21. The zero-order valence-corrected chi connectivity index (χ0v) is 43.7. The number of anilines is 1. The average Bonchev–Trinajstić information content (AvgIpc) is 4.24. The number of fused-ring (bicyclic) bond motifs is 2. The van der Waals surface area contributed by atoms with Crippen LogP contribution in [0.25, 0.3) is 32.7 Å². The van der Waals surface area contributed by atoms with Crippen LogP contribution in [-0.4, -0.2) is 126 Å². The van der Waals surface area contributed by atoms with Gasteiger partial charge in [0.25, 0.3) is 5.91 Å². The van der Waals surface area contributed by atoms with Gasteiger partial charge in [-0.2, -0.15) is 5.10 Å². The molecular formula is C57H62N10O8S. The van der Waals surface area contributed by atoms with Crippen LogP contribution in [0.1, 0.15) is 79.2 Å². The molecule has 0 bridgehead atoms. The molecule has 2 saturated heterocycles. The molecule has 3 atom stereocenters. The van der Waals surface area contributed by atoms with Crippen LogP contribution >= 0.6 is 11.3 Å². The molecule has 0 spiro atoms. The Balaban J connectivity index is 0.704. The van der Waals surface area contributed by atoms with E-state index in [1.165, 1.54) is 22.6 Å². The summed E-state index contributed by atoms with van der Waals surface area (Å²) in [6, 6.07) is 28.7. The van der Waals surface area contributed by atoms with Gasteiger partial charge in [-0.25, -0.2) is 19.6 Å². The van der Waals surface area contributed by atoms with E-state index >= 15 is 0 Å². The summed E-state index contributed by atoms with van der Waals surface area (Å²) in [5.41, 5.74) is 14.4. The number of amides is 4. The van der Waals surface area contributed by atoms with E-state index in [2.05, 4.69) is 20.3 Å². The molecule has 3 aliphatic heterocycles. The highest BCUT2D eigenvalue weighted by molar-refractivity contribution is 7.13. The molecule has 18 nitrogen and oxygen atoms in total. The Hall–Kier alpha value is -7.74. The summed E-state index contributed by atoms with van der Waals surface area (Å²) >= 11 is 1.53. The highest BCUT2D eigenvalue weighted by Gasteiger charge is 2.46. The van der Waals surface area contributed by atoms with Crippen LogP contribution in [0.2, 0.25) is 0 Å². The Morgan fingerprint density at radius 3 is 2.39 bits per heavy atom. The van der Waals surface area contributed by atoms with E-state index in [4.69, 9.17) is 25.0 Å². The summed E-state index contributed by atoms with van der Waals surface area (Å²) in [6.07, 6.45) is 2.83. The zero-order chi connectivity index (χ0) is 52.9. The molecule has 19 heteroatoms. The lowest BCUT2D eigenvalue weighted by molar-refractivity contribution is -0.143. The molecule has 76 heavy (non-hydrogen) atoms. The highest BCUT2D eigenvalue weighted by Crippen LogP contribution is 2.37. The molecule has 2 fully saturated rings. The van der Waals surface area contributed by atoms with Crippen LogP contribution in [-0.2, 0) is 32.2 Å². The fraction of sp³-hybridized carbons (Fsp3) is 0.368. The predicted octanol–water partition coefficient (Wildman–Crippen LogP) is 7.60. The Morgan fingerprint density at radius 1 is 0.895 bits per heavy atom. The molecule has 10 rings (SSSR count). The largest absolute Gasteiger partial charge is 0.493 e. The van der Waals surface area contributed by atoms with Crippen molar-refractivity contribution in [1.82, 2.24) is 44.7 Å². The molecule has 3 aliphatic rings. The number of aliphatic hydroxyl groups excluding tert-OH is 1. The first kappa shape index (κ1) is 51.7. The molecule has 0 aliphatic carbocycles. The van der Waals surface area contributed by atoms with E-state index in [1.54, 1.807) is 22.5 Å². The van der Waals surface area contributed by atoms with Gasteiger partial charge in [-0.1, -0.05) is 62.4 Å². The third-order valence-corrected chi connectivity index (χ3v) is 15.4. The van der Waals surface area contributed by atoms with Gasteiger partial charge in [0.15, 0.2) is 5.65 Å². The first-order valence-electron chi connectivity index (χ1n) is 25.9. The Morgan fingerprint density at radius 2 is 1.64 bits per heavy atom. The maximum absolute atomic E-state index is 14.3. The summed E-state index contributed by atoms with van der Waals surface area (Å²) in [4.78, 5) is 74.3. The van der Waals surface area contributed by atoms with Gasteiger partial charge in [0.2, 0.25) is 17.7 Å². The van der Waals surface area contributed by atoms with Gasteiger partial charge in [-0.05, 0) is 85.3 Å². The fourth-order valence-electron chi connectivity index (χ4n) is 10.5. The van der Waals surface area contributed by atoms with E-state index in [9.17, 15) is 24.3 Å². The molecule has 4 amide bonds. The molecule has 0 radical (unpaired) electrons. The molecule has 4 aromatic carbocycles. The Bertz CT molecular complexity index is 3210. The van der Waals surface area contributed by atoms with Crippen molar-refractivity contribution < 1.29 is 38.5 Å². The topological polar surface area (TPSA) is 220 Å². The fourth-order valence-corrected chi connectivity index (χ4v) is 11.3. The Kier molecular flexibility index (Phi) is 15.7. The number of nitrogens with zero attached hydrogens (tertiary/aromatic N) is 8. The average molecular weight is 1050 g/mol. The van der Waals surface area contributed by atoms with Crippen LogP contribution in [0.5, 0.6) is 17.2 Å². The minimum atomic E-state index is -0.923. The number of rotatable bonds is 19. The van der Waals surface area contributed by atoms with Crippen LogP contribution in [0.15, 0.2) is 109 Å². The van der Waals surface area contributed by atoms with Crippen molar-refractivity contribution >= 4 is 51.8 Å². The van der Waals surface area contributed by atoms with Gasteiger partial charge in [0.05, 0.1) is 53.2 Å². The number of ether oxygens (including phenoxy) is 3. The standard InChI is InChI=1S/C57H62N10O8S/c1-35(2)51(66-31-40-10-7-8-13-45(40)56(66)71)57(72)65-32-42(68)29-46(65)55(70)59-30-39-15-14-38(52-36(3)62-34-76-52)28-47(39)74-26-9-25-73-27-22-48(69)64-23-20-41(21-24-64)67-54-49(53(58)60-33-61-54)50(63-67)37-16-18-44(19-17-37)75-43-11-5-4-6-12-43/h4-8,10-19,28,33-35,41-42,46,51,68H,9,20-27,29-32H2,1-3H3,(H,59,70)(H2,58,60,61)/t42-,46+,51?/m1/s1. The molecular weight excluding hydrogens is 985 g/mol. The SMILES string of the molecule is Cc1ncsc1-c1ccc(CNC(=O)[C@@H]2C[C@@H](O)CN2C(=O)C(C(C)C)N2Cc3ccccc3C2=O)c(OCCCOCCC(=O)N2CCC(n3nc(-c4ccc(Oc5ccccc5)cc4)c4c(N)ncnc43)CC2)c1. The number of nitrogens with two attached hydrogens (primary N) is 1. The second kappa shape index (κ2) is 23.0. The Labute approximate surface area is 444 Å². The van der Waals surface area contributed by atoms with E-state index in [1.807, 2.05) is 115 Å². The van der Waals surface area contributed by atoms with Crippen molar-refractivity contribution in [2.24, 2.45) is 5.92 Å². The number of likely N-dealkylation sites (tertiary alicyclic amines) is 2. The third kappa shape index (κ3) is 11.1. The monoisotopic (exact) mass is 1050 g/mol. The van der Waals surface area contributed by atoms with Crippen molar-refractivity contribution in [2.75, 3.05) is 45.2 Å². The number of aryl methyl sites for hydroxylation is 1. The summed E-state index contributed by atoms with van der Waals surface area (Å²) in [5.74, 6) is 1.18. The van der Waals surface area contributed by atoms with Crippen molar-refractivity contribution in [3.05, 3.63) is 131 Å². The number of aromatic nitrogens is 5. The van der Waals surface area contributed by atoms with Crippen molar-refractivity contribution in [1.29, 1.82) is 0 Å². The second-order valence-corrected chi connectivity index (χ2v) is 20.7. The van der Waals surface area contributed by atoms with Crippen LogP contribution < -0.4 is 20.5 Å². The van der Waals surface area contributed by atoms with E-state index < -0.39 is 24.1 Å². The summed E-state index contributed by atoms with van der Waals surface area (Å²) in [7, 11) is 0. The van der Waals surface area contributed by atoms with Crippen molar-refractivity contribution in [3.63, 3.8) is 0 Å². The molecule has 3 aromatic heterocycles. The number of carbonyl (C=O) groups is 4. The zero-order valence-electron chi connectivity index (χ0n) is 42.8. The van der Waals surface area contributed by atoms with Gasteiger partial charge in [0.1, 0.15) is 47.2 Å². The smallest absolute Gasteiger partial charge is 0.255 e. The third-order valence-electron chi connectivity index (χ3n) is 14.4. The van der Waals surface area contributed by atoms with Crippen molar-refractivity contribution in [3.8, 4) is 38.9 Å². The lowest BCUT2D eigenvalue weighted by Gasteiger charge is -2.35. The minimum absolute atomic E-state index is 0.00789. The van der Waals surface area contributed by atoms with Gasteiger partial charge in [-0.15, -0.1) is 11.3 Å². The number of hydrogen-bond acceptors (Lipinski definition) is 14. The molecule has 1 unspecified atom stereocenters. The number of benzene rings is 4. The lowest BCUT2D eigenvalue weighted by atomic mass is 10.0.